The van der Waals surface area contributed by atoms with Gasteiger partial charge in [0.2, 0.25) is 0 Å². The van der Waals surface area contributed by atoms with E-state index >= 15 is 0 Å². The number of carbonyl (C=O) groups is 1. The van der Waals surface area contributed by atoms with E-state index in [1.807, 2.05) is 17.0 Å². The smallest absolute Gasteiger partial charge is 0.253 e. The molecule has 4 rings (SSSR count). The number of methoxy groups -OCH3 is 1. The van der Waals surface area contributed by atoms with Crippen LogP contribution in [0.2, 0.25) is 5.02 Å². The average molecular weight is 413 g/mol. The summed E-state index contributed by atoms with van der Waals surface area (Å²) < 4.78 is 6.30. The van der Waals surface area contributed by atoms with Gasteiger partial charge in [0.15, 0.2) is 5.13 Å². The Morgan fingerprint density at radius 2 is 1.89 bits per heavy atom. The first kappa shape index (κ1) is 18.5. The zero-order valence-corrected chi connectivity index (χ0v) is 16.8. The van der Waals surface area contributed by atoms with E-state index in [1.54, 1.807) is 31.4 Å². The van der Waals surface area contributed by atoms with Gasteiger partial charge in [-0.2, -0.15) is 5.26 Å². The van der Waals surface area contributed by atoms with Gasteiger partial charge < -0.3 is 14.5 Å². The minimum atomic E-state index is -0.0156. The van der Waals surface area contributed by atoms with Crippen LogP contribution >= 0.6 is 22.9 Å². The van der Waals surface area contributed by atoms with Crippen LogP contribution in [0.3, 0.4) is 0 Å². The normalized spacial score (nSPS) is 14.2. The summed E-state index contributed by atoms with van der Waals surface area (Å²) in [4.78, 5) is 21.4. The fourth-order valence-corrected chi connectivity index (χ4v) is 4.52. The van der Waals surface area contributed by atoms with Gasteiger partial charge in [-0.05, 0) is 36.4 Å². The maximum atomic E-state index is 12.7. The summed E-state index contributed by atoms with van der Waals surface area (Å²) >= 11 is 7.85. The molecule has 1 aliphatic heterocycles. The van der Waals surface area contributed by atoms with Crippen LogP contribution in [0.1, 0.15) is 15.9 Å². The summed E-state index contributed by atoms with van der Waals surface area (Å²) in [6.07, 6.45) is 0. The van der Waals surface area contributed by atoms with E-state index in [1.165, 1.54) is 11.3 Å². The highest BCUT2D eigenvalue weighted by Crippen LogP contribution is 2.38. The van der Waals surface area contributed by atoms with Gasteiger partial charge in [0.1, 0.15) is 11.3 Å². The SMILES string of the molecule is COc1ccc(Cl)c2sc(N3CCN(C(=O)c4ccc(C#N)cc4)CC3)nc12. The Hall–Kier alpha value is -2.82. The molecule has 0 saturated carbocycles. The van der Waals surface area contributed by atoms with Gasteiger partial charge in [-0.1, -0.05) is 22.9 Å². The van der Waals surface area contributed by atoms with Crippen LogP contribution < -0.4 is 9.64 Å². The molecule has 0 spiro atoms. The topological polar surface area (TPSA) is 69.5 Å². The van der Waals surface area contributed by atoms with Crippen molar-refractivity contribution < 1.29 is 9.53 Å². The van der Waals surface area contributed by atoms with E-state index < -0.39 is 0 Å². The Morgan fingerprint density at radius 3 is 2.54 bits per heavy atom. The van der Waals surface area contributed by atoms with E-state index in [4.69, 9.17) is 26.6 Å². The van der Waals surface area contributed by atoms with E-state index in [9.17, 15) is 4.79 Å². The number of nitrogens with zero attached hydrogens (tertiary/aromatic N) is 4. The standard InChI is InChI=1S/C20H17ClN4O2S/c1-27-16-7-6-15(21)18-17(16)23-20(28-18)25-10-8-24(9-11-25)19(26)14-4-2-13(12-22)3-5-14/h2-7H,8-11H2,1H3. The third-order valence-corrected chi connectivity index (χ3v) is 6.34. The largest absolute Gasteiger partial charge is 0.494 e. The van der Waals surface area contributed by atoms with Crippen LogP contribution in [0, 0.1) is 11.3 Å². The van der Waals surface area contributed by atoms with Crippen LogP contribution in [0.5, 0.6) is 5.75 Å². The Balaban J connectivity index is 1.48. The quantitative estimate of drug-likeness (QED) is 0.654. The number of benzene rings is 2. The number of anilines is 1. The highest BCUT2D eigenvalue weighted by Gasteiger charge is 2.24. The summed E-state index contributed by atoms with van der Waals surface area (Å²) in [5, 5.41) is 10.4. The second-order valence-electron chi connectivity index (χ2n) is 6.39. The number of fused-ring (bicyclic) bond motifs is 1. The molecule has 1 aliphatic rings. The van der Waals surface area contributed by atoms with Gasteiger partial charge in [0.05, 0.1) is 28.5 Å². The van der Waals surface area contributed by atoms with Gasteiger partial charge >= 0.3 is 0 Å². The molecular formula is C20H17ClN4O2S. The lowest BCUT2D eigenvalue weighted by Crippen LogP contribution is -2.48. The molecule has 0 atom stereocenters. The second kappa shape index (κ2) is 7.66. The number of hydrogen-bond donors (Lipinski definition) is 0. The number of thiazole rings is 1. The van der Waals surface area contributed by atoms with E-state index in [2.05, 4.69) is 11.0 Å². The number of amides is 1. The van der Waals surface area contributed by atoms with Gasteiger partial charge in [-0.3, -0.25) is 4.79 Å². The molecule has 2 aromatic carbocycles. The molecule has 0 radical (unpaired) electrons. The first-order valence-electron chi connectivity index (χ1n) is 8.78. The maximum absolute atomic E-state index is 12.7. The first-order valence-corrected chi connectivity index (χ1v) is 9.97. The molecule has 28 heavy (non-hydrogen) atoms. The molecule has 6 nitrogen and oxygen atoms in total. The molecule has 3 aromatic rings. The maximum Gasteiger partial charge on any atom is 0.253 e. The fourth-order valence-electron chi connectivity index (χ4n) is 3.21. The van der Waals surface area contributed by atoms with Crippen molar-refractivity contribution in [2.45, 2.75) is 0 Å². The molecule has 0 unspecified atom stereocenters. The minimum Gasteiger partial charge on any atom is -0.494 e. The summed E-state index contributed by atoms with van der Waals surface area (Å²) in [6.45, 7) is 2.61. The number of halogens is 1. The Bertz CT molecular complexity index is 1070. The zero-order chi connectivity index (χ0) is 19.7. The minimum absolute atomic E-state index is 0.0156. The molecular weight excluding hydrogens is 396 g/mol. The van der Waals surface area contributed by atoms with Gasteiger partial charge in [0, 0.05) is 31.7 Å². The summed E-state index contributed by atoms with van der Waals surface area (Å²) in [6, 6.07) is 12.4. The lowest BCUT2D eigenvalue weighted by molar-refractivity contribution is 0.0747. The van der Waals surface area contributed by atoms with Crippen LogP contribution in [0.4, 0.5) is 5.13 Å². The average Bonchev–Trinajstić information content (AvgIpc) is 3.20. The van der Waals surface area contributed by atoms with Crippen molar-refractivity contribution in [3.63, 3.8) is 0 Å². The number of rotatable bonds is 3. The van der Waals surface area contributed by atoms with Crippen LogP contribution in [-0.2, 0) is 0 Å². The number of nitriles is 1. The van der Waals surface area contributed by atoms with Crippen molar-refractivity contribution in [1.82, 2.24) is 9.88 Å². The molecule has 0 aliphatic carbocycles. The molecule has 8 heteroatoms. The van der Waals surface area contributed by atoms with E-state index in [-0.39, 0.29) is 5.91 Å². The van der Waals surface area contributed by atoms with E-state index in [0.717, 1.165) is 15.3 Å². The van der Waals surface area contributed by atoms with Crippen molar-refractivity contribution in [1.29, 1.82) is 5.26 Å². The summed E-state index contributed by atoms with van der Waals surface area (Å²) in [5.74, 6) is 0.690. The molecule has 1 amide bonds. The van der Waals surface area contributed by atoms with Crippen molar-refractivity contribution in [3.8, 4) is 11.8 Å². The molecule has 1 aromatic heterocycles. The third-order valence-electron chi connectivity index (χ3n) is 4.77. The molecule has 0 bridgehead atoms. The van der Waals surface area contributed by atoms with Crippen LogP contribution in [0.15, 0.2) is 36.4 Å². The molecule has 1 fully saturated rings. The van der Waals surface area contributed by atoms with Crippen molar-refractivity contribution in [2.24, 2.45) is 0 Å². The Kier molecular flexibility index (Phi) is 5.07. The van der Waals surface area contributed by atoms with Gasteiger partial charge in [-0.15, -0.1) is 0 Å². The summed E-state index contributed by atoms with van der Waals surface area (Å²) in [7, 11) is 1.62. The molecule has 2 heterocycles. The van der Waals surface area contributed by atoms with E-state index in [0.29, 0.717) is 48.1 Å². The molecule has 142 valence electrons. The summed E-state index contributed by atoms with van der Waals surface area (Å²) in [5.41, 5.74) is 1.92. The second-order valence-corrected chi connectivity index (χ2v) is 7.78. The molecule has 0 N–H and O–H groups in total. The number of aromatic nitrogens is 1. The Morgan fingerprint density at radius 1 is 1.18 bits per heavy atom. The predicted molar refractivity (Wildman–Crippen MR) is 110 cm³/mol. The third kappa shape index (κ3) is 3.37. The lowest BCUT2D eigenvalue weighted by Gasteiger charge is -2.34. The van der Waals surface area contributed by atoms with Crippen LogP contribution in [0.25, 0.3) is 10.2 Å². The van der Waals surface area contributed by atoms with Gasteiger partial charge in [0.25, 0.3) is 5.91 Å². The number of hydrogen-bond acceptors (Lipinski definition) is 6. The molecule has 1 saturated heterocycles. The monoisotopic (exact) mass is 412 g/mol. The first-order chi connectivity index (χ1) is 13.6. The van der Waals surface area contributed by atoms with Crippen molar-refractivity contribution >= 4 is 44.2 Å². The fraction of sp³-hybridized carbons (Fsp3) is 0.250. The lowest BCUT2D eigenvalue weighted by atomic mass is 10.1. The predicted octanol–water partition coefficient (Wildman–Crippen LogP) is 3.79. The van der Waals surface area contributed by atoms with Crippen molar-refractivity contribution in [3.05, 3.63) is 52.5 Å². The number of piperazine rings is 1. The number of carbonyl (C=O) groups excluding carboxylic acids is 1. The highest BCUT2D eigenvalue weighted by molar-refractivity contribution is 7.22. The Labute approximate surface area is 171 Å². The number of ether oxygens (including phenoxy) is 1. The van der Waals surface area contributed by atoms with Gasteiger partial charge in [-0.25, -0.2) is 4.98 Å². The van der Waals surface area contributed by atoms with Crippen LogP contribution in [-0.4, -0.2) is 49.1 Å². The zero-order valence-electron chi connectivity index (χ0n) is 15.2. The highest BCUT2D eigenvalue weighted by atomic mass is 35.5. The van der Waals surface area contributed by atoms with Crippen molar-refractivity contribution in [2.75, 3.05) is 38.2 Å².